The Kier molecular flexibility index (Phi) is 8.35. The van der Waals surface area contributed by atoms with Gasteiger partial charge in [-0.3, -0.25) is 14.5 Å². The number of piperazine rings is 1. The van der Waals surface area contributed by atoms with Gasteiger partial charge in [-0.05, 0) is 57.2 Å². The molecule has 3 N–H and O–H groups in total. The maximum atomic E-state index is 14.0. The van der Waals surface area contributed by atoms with Crippen LogP contribution in [0.1, 0.15) is 42.8 Å². The number of halogens is 3. The average Bonchev–Trinajstić information content (AvgIpc) is 2.88. The number of anilines is 3. The predicted octanol–water partition coefficient (Wildman–Crippen LogP) is 4.76. The van der Waals surface area contributed by atoms with E-state index in [1.165, 1.54) is 17.0 Å². The quantitative estimate of drug-likeness (QED) is 0.316. The number of carbonyl (C=O) groups is 2. The third-order valence-electron chi connectivity index (χ3n) is 6.15. The minimum atomic E-state index is -0.796. The number of nitrogens with two attached hydrogens (primary N) is 1. The number of rotatable bonds is 7. The number of nitrogens with one attached hydrogen (secondary N) is 1. The maximum absolute atomic E-state index is 14.0. The Labute approximate surface area is 229 Å². The number of hydrogen-bond acceptors (Lipinski definition) is 7. The van der Waals surface area contributed by atoms with E-state index in [1.807, 2.05) is 18.7 Å². The van der Waals surface area contributed by atoms with Crippen LogP contribution in [0.15, 0.2) is 42.5 Å². The number of benzene rings is 2. The fourth-order valence-electron chi connectivity index (χ4n) is 4.44. The van der Waals surface area contributed by atoms with E-state index in [4.69, 9.17) is 33.7 Å². The number of hydrogen-bond donors (Lipinski definition) is 2. The molecule has 200 valence electrons. The van der Waals surface area contributed by atoms with Crippen molar-refractivity contribution < 1.29 is 18.7 Å². The van der Waals surface area contributed by atoms with E-state index < -0.39 is 11.9 Å². The first-order valence-corrected chi connectivity index (χ1v) is 12.7. The molecule has 3 aromatic rings. The number of nitrogen functional groups attached to an aromatic ring is 1. The molecule has 1 aliphatic rings. The average molecular weight is 561 g/mol. The van der Waals surface area contributed by atoms with Crippen LogP contribution in [0, 0.1) is 5.82 Å². The molecule has 0 aliphatic carbocycles. The molecule has 2 amide bonds. The van der Waals surface area contributed by atoms with Crippen LogP contribution in [0.4, 0.5) is 21.7 Å². The molecule has 4 rings (SSSR count). The molecule has 1 saturated heterocycles. The van der Waals surface area contributed by atoms with Gasteiger partial charge in [-0.15, -0.1) is 10.2 Å². The standard InChI is InChI=1S/C26H27Cl2FN6O3/c1-14-11-34(12-15(2)31-14)26(37)17-4-6-18(7-5-17)35(13-36)22-10-21(25(30)33-32-22)38-16(3)23-19(27)8-9-20(29)24(23)28/h4-10,13-16,31H,11-12H2,1-3H3,(H2,30,33)/t14-,15+,16?. The van der Waals surface area contributed by atoms with Crippen LogP contribution < -0.4 is 20.7 Å². The van der Waals surface area contributed by atoms with Crippen molar-refractivity contribution in [2.75, 3.05) is 23.7 Å². The van der Waals surface area contributed by atoms with Gasteiger partial charge in [0.05, 0.1) is 10.7 Å². The zero-order valence-electron chi connectivity index (χ0n) is 21.0. The molecular formula is C26H27Cl2FN6O3. The van der Waals surface area contributed by atoms with Crippen molar-refractivity contribution in [3.8, 4) is 5.75 Å². The summed E-state index contributed by atoms with van der Waals surface area (Å²) < 4.78 is 19.9. The van der Waals surface area contributed by atoms with Crippen LogP contribution in [-0.4, -0.2) is 52.6 Å². The van der Waals surface area contributed by atoms with Gasteiger partial charge in [-0.2, -0.15) is 0 Å². The summed E-state index contributed by atoms with van der Waals surface area (Å²) in [6.45, 7) is 6.92. The van der Waals surface area contributed by atoms with Crippen LogP contribution in [0.3, 0.4) is 0 Å². The molecule has 0 radical (unpaired) electrons. The van der Waals surface area contributed by atoms with Gasteiger partial charge in [0.1, 0.15) is 11.9 Å². The van der Waals surface area contributed by atoms with E-state index in [0.29, 0.717) is 30.8 Å². The second kappa shape index (κ2) is 11.5. The van der Waals surface area contributed by atoms with Crippen LogP contribution in [0.25, 0.3) is 0 Å². The SMILES string of the molecule is CC(Oc1cc(N(C=O)c2ccc(C(=O)N3C[C@@H](C)N[C@@H](C)C3)cc2)nnc1N)c1c(Cl)ccc(F)c1Cl. The normalized spacial score (nSPS) is 18.1. The van der Waals surface area contributed by atoms with Crippen LogP contribution in [0.5, 0.6) is 5.75 Å². The fraction of sp³-hybridized carbons (Fsp3) is 0.308. The molecule has 1 unspecified atom stereocenters. The zero-order valence-corrected chi connectivity index (χ0v) is 22.5. The second-order valence-electron chi connectivity index (χ2n) is 9.17. The van der Waals surface area contributed by atoms with Crippen LogP contribution in [-0.2, 0) is 4.79 Å². The van der Waals surface area contributed by atoms with Gasteiger partial charge in [-0.25, -0.2) is 4.39 Å². The summed E-state index contributed by atoms with van der Waals surface area (Å²) in [5.41, 5.74) is 7.15. The minimum absolute atomic E-state index is 0.0458. The van der Waals surface area contributed by atoms with E-state index in [-0.39, 0.29) is 51.0 Å². The number of amides is 2. The van der Waals surface area contributed by atoms with Crippen molar-refractivity contribution in [3.63, 3.8) is 0 Å². The smallest absolute Gasteiger partial charge is 0.253 e. The molecule has 2 aromatic carbocycles. The Morgan fingerprint density at radius 3 is 2.47 bits per heavy atom. The molecule has 1 aliphatic heterocycles. The molecule has 12 heteroatoms. The third-order valence-corrected chi connectivity index (χ3v) is 6.87. The molecule has 0 spiro atoms. The summed E-state index contributed by atoms with van der Waals surface area (Å²) >= 11 is 12.3. The van der Waals surface area contributed by atoms with Gasteiger partial charge in [0.25, 0.3) is 5.91 Å². The minimum Gasteiger partial charge on any atom is -0.482 e. The van der Waals surface area contributed by atoms with Gasteiger partial charge in [-0.1, -0.05) is 23.2 Å². The van der Waals surface area contributed by atoms with E-state index in [9.17, 15) is 14.0 Å². The number of carbonyl (C=O) groups excluding carboxylic acids is 2. The summed E-state index contributed by atoms with van der Waals surface area (Å²) in [5.74, 6) is -0.550. The second-order valence-corrected chi connectivity index (χ2v) is 9.96. The Balaban J connectivity index is 1.55. The van der Waals surface area contributed by atoms with Crippen LogP contribution >= 0.6 is 23.2 Å². The van der Waals surface area contributed by atoms with E-state index in [0.717, 1.165) is 6.07 Å². The largest absolute Gasteiger partial charge is 0.482 e. The van der Waals surface area contributed by atoms with E-state index >= 15 is 0 Å². The molecule has 0 saturated carbocycles. The van der Waals surface area contributed by atoms with E-state index in [2.05, 4.69) is 15.5 Å². The number of aromatic nitrogens is 2. The summed E-state index contributed by atoms with van der Waals surface area (Å²) in [7, 11) is 0. The van der Waals surface area contributed by atoms with Crippen molar-refractivity contribution in [1.29, 1.82) is 0 Å². The number of ether oxygens (including phenoxy) is 1. The molecule has 3 atom stereocenters. The lowest BCUT2D eigenvalue weighted by atomic mass is 10.1. The van der Waals surface area contributed by atoms with E-state index in [1.54, 1.807) is 31.2 Å². The highest BCUT2D eigenvalue weighted by atomic mass is 35.5. The molecule has 1 fully saturated rings. The Hall–Kier alpha value is -3.47. The van der Waals surface area contributed by atoms with Crippen molar-refractivity contribution in [3.05, 3.63) is 69.5 Å². The first-order valence-electron chi connectivity index (χ1n) is 11.9. The lowest BCUT2D eigenvalue weighted by Crippen LogP contribution is -2.55. The first-order chi connectivity index (χ1) is 18.1. The molecule has 2 heterocycles. The van der Waals surface area contributed by atoms with Crippen LogP contribution in [0.2, 0.25) is 10.0 Å². The highest BCUT2D eigenvalue weighted by Gasteiger charge is 2.26. The Bertz CT molecular complexity index is 1330. The molecule has 0 bridgehead atoms. The summed E-state index contributed by atoms with van der Waals surface area (Å²) in [4.78, 5) is 28.1. The maximum Gasteiger partial charge on any atom is 0.253 e. The molecule has 9 nitrogen and oxygen atoms in total. The highest BCUT2D eigenvalue weighted by Crippen LogP contribution is 2.37. The highest BCUT2D eigenvalue weighted by molar-refractivity contribution is 6.36. The molecule has 38 heavy (non-hydrogen) atoms. The van der Waals surface area contributed by atoms with Gasteiger partial charge >= 0.3 is 0 Å². The van der Waals surface area contributed by atoms with Gasteiger partial charge in [0.15, 0.2) is 17.4 Å². The van der Waals surface area contributed by atoms with Gasteiger partial charge in [0.2, 0.25) is 6.41 Å². The van der Waals surface area contributed by atoms with Gasteiger partial charge < -0.3 is 20.7 Å². The topological polar surface area (TPSA) is 114 Å². The zero-order chi connectivity index (χ0) is 27.6. The Morgan fingerprint density at radius 1 is 1.18 bits per heavy atom. The monoisotopic (exact) mass is 560 g/mol. The molecular weight excluding hydrogens is 534 g/mol. The molecule has 1 aromatic heterocycles. The fourth-order valence-corrected chi connectivity index (χ4v) is 5.12. The predicted molar refractivity (Wildman–Crippen MR) is 145 cm³/mol. The van der Waals surface area contributed by atoms with Gasteiger partial charge in [0, 0.05) is 47.4 Å². The van der Waals surface area contributed by atoms with Crippen molar-refractivity contribution in [2.45, 2.75) is 39.0 Å². The first kappa shape index (κ1) is 27.6. The third kappa shape index (κ3) is 5.82. The summed E-state index contributed by atoms with van der Waals surface area (Å²) in [6, 6.07) is 11.0. The summed E-state index contributed by atoms with van der Waals surface area (Å²) in [5, 5.41) is 11.4. The van der Waals surface area contributed by atoms with Crippen molar-refractivity contribution >= 4 is 52.8 Å². The Morgan fingerprint density at radius 2 is 1.84 bits per heavy atom. The van der Waals surface area contributed by atoms with Crippen molar-refractivity contribution in [1.82, 2.24) is 20.4 Å². The lowest BCUT2D eigenvalue weighted by molar-refractivity contribution is -0.106. The lowest BCUT2D eigenvalue weighted by Gasteiger charge is -2.36. The number of nitrogens with zero attached hydrogens (tertiary/aromatic N) is 4. The summed E-state index contributed by atoms with van der Waals surface area (Å²) in [6.07, 6.45) is -0.236. The van der Waals surface area contributed by atoms with Crippen molar-refractivity contribution in [2.24, 2.45) is 0 Å².